The van der Waals surface area contributed by atoms with Crippen LogP contribution in [0.2, 0.25) is 0 Å². The van der Waals surface area contributed by atoms with Crippen LogP contribution in [-0.4, -0.2) is 49.0 Å². The van der Waals surface area contributed by atoms with Gasteiger partial charge in [0.1, 0.15) is 0 Å². The molecular formula is C35H43NO2. The predicted octanol–water partition coefficient (Wildman–Crippen LogP) is 7.42. The summed E-state index contributed by atoms with van der Waals surface area (Å²) in [7, 11) is 2.35. The van der Waals surface area contributed by atoms with Gasteiger partial charge >= 0.3 is 0 Å². The number of fused-ring (bicyclic) bond motifs is 2. The second-order valence-electron chi connectivity index (χ2n) is 14.4. The molecule has 6 aliphatic rings. The maximum absolute atomic E-state index is 7.58. The monoisotopic (exact) mass is 509 g/mol. The summed E-state index contributed by atoms with van der Waals surface area (Å²) in [5.74, 6) is 1.21. The second kappa shape index (κ2) is 8.05. The Morgan fingerprint density at radius 2 is 1.82 bits per heavy atom. The Bertz CT molecular complexity index is 1350. The van der Waals surface area contributed by atoms with E-state index in [1.54, 1.807) is 5.57 Å². The molecule has 200 valence electrons. The molecule has 6 atom stereocenters. The maximum atomic E-state index is 7.58. The molecule has 2 saturated heterocycles. The average molecular weight is 510 g/mol. The molecule has 3 aliphatic carbocycles. The Hall–Kier alpha value is -1.94. The molecule has 2 saturated carbocycles. The van der Waals surface area contributed by atoms with Gasteiger partial charge in [-0.1, -0.05) is 68.5 Å². The van der Waals surface area contributed by atoms with E-state index in [1.165, 1.54) is 73.3 Å². The molecule has 0 radical (unpaired) electrons. The minimum absolute atomic E-state index is 0.0369. The summed E-state index contributed by atoms with van der Waals surface area (Å²) in [6.45, 7) is 7.93. The average Bonchev–Trinajstić information content (AvgIpc) is 3.42. The van der Waals surface area contributed by atoms with Gasteiger partial charge in [0.05, 0.1) is 24.4 Å². The Morgan fingerprint density at radius 3 is 2.63 bits per heavy atom. The molecule has 2 aromatic carbocycles. The molecule has 2 bridgehead atoms. The number of ether oxygens (including phenoxy) is 2. The van der Waals surface area contributed by atoms with Crippen LogP contribution >= 0.6 is 0 Å². The molecule has 38 heavy (non-hydrogen) atoms. The lowest BCUT2D eigenvalue weighted by atomic mass is 9.58. The zero-order valence-corrected chi connectivity index (χ0v) is 23.5. The summed E-state index contributed by atoms with van der Waals surface area (Å²) >= 11 is 0. The second-order valence-corrected chi connectivity index (χ2v) is 14.4. The van der Waals surface area contributed by atoms with Crippen molar-refractivity contribution in [3.8, 4) is 0 Å². The van der Waals surface area contributed by atoms with Crippen molar-refractivity contribution in [1.29, 1.82) is 0 Å². The van der Waals surface area contributed by atoms with Crippen LogP contribution in [0, 0.1) is 16.7 Å². The number of hydrogen-bond donors (Lipinski definition) is 0. The van der Waals surface area contributed by atoms with Crippen molar-refractivity contribution in [3.05, 3.63) is 71.3 Å². The van der Waals surface area contributed by atoms with E-state index in [0.29, 0.717) is 23.3 Å². The lowest BCUT2D eigenvalue weighted by molar-refractivity contribution is -0.147. The van der Waals surface area contributed by atoms with Crippen LogP contribution < -0.4 is 0 Å². The van der Waals surface area contributed by atoms with Crippen molar-refractivity contribution in [2.24, 2.45) is 16.7 Å². The highest BCUT2D eigenvalue weighted by Crippen LogP contribution is 2.69. The summed E-state index contributed by atoms with van der Waals surface area (Å²) in [5, 5.41) is 2.73. The van der Waals surface area contributed by atoms with E-state index in [0.717, 1.165) is 19.8 Å². The van der Waals surface area contributed by atoms with E-state index in [-0.39, 0.29) is 16.6 Å². The number of benzene rings is 2. The Kier molecular flexibility index (Phi) is 5.07. The molecule has 0 amide bonds. The molecule has 3 nitrogen and oxygen atoms in total. The summed E-state index contributed by atoms with van der Waals surface area (Å²) in [6, 6.07) is 16.7. The van der Waals surface area contributed by atoms with Gasteiger partial charge in [0, 0.05) is 18.0 Å². The van der Waals surface area contributed by atoms with Gasteiger partial charge in [0.2, 0.25) is 0 Å². The van der Waals surface area contributed by atoms with Crippen LogP contribution in [0.25, 0.3) is 10.8 Å². The molecule has 8 rings (SSSR count). The Balaban J connectivity index is 1.10. The molecule has 2 aromatic rings. The highest BCUT2D eigenvalue weighted by molar-refractivity contribution is 5.83. The first kappa shape index (κ1) is 23.9. The van der Waals surface area contributed by atoms with Gasteiger partial charge in [-0.2, -0.15) is 0 Å². The predicted molar refractivity (Wildman–Crippen MR) is 153 cm³/mol. The van der Waals surface area contributed by atoms with Crippen molar-refractivity contribution in [1.82, 2.24) is 4.90 Å². The van der Waals surface area contributed by atoms with E-state index >= 15 is 0 Å². The highest BCUT2D eigenvalue weighted by atomic mass is 16.5. The molecule has 2 unspecified atom stereocenters. The smallest absolute Gasteiger partial charge is 0.0974 e. The molecular weight excluding hydrogens is 466 g/mol. The lowest BCUT2D eigenvalue weighted by Gasteiger charge is -2.55. The molecule has 3 aliphatic heterocycles. The fourth-order valence-electron chi connectivity index (χ4n) is 10.0. The van der Waals surface area contributed by atoms with Crippen LogP contribution in [0.4, 0.5) is 0 Å². The summed E-state index contributed by atoms with van der Waals surface area (Å²) in [6.07, 6.45) is 15.0. The quantitative estimate of drug-likeness (QED) is 0.428. The van der Waals surface area contributed by atoms with Crippen molar-refractivity contribution in [2.45, 2.75) is 88.4 Å². The van der Waals surface area contributed by atoms with E-state index in [9.17, 15) is 0 Å². The zero-order valence-electron chi connectivity index (χ0n) is 23.5. The van der Waals surface area contributed by atoms with Crippen LogP contribution in [0.3, 0.4) is 0 Å². The third-order valence-corrected chi connectivity index (χ3v) is 12.0. The molecule has 0 N–H and O–H groups in total. The Morgan fingerprint density at radius 1 is 0.974 bits per heavy atom. The van der Waals surface area contributed by atoms with Crippen molar-refractivity contribution < 1.29 is 9.47 Å². The number of allylic oxidation sites excluding steroid dienone is 1. The summed E-state index contributed by atoms with van der Waals surface area (Å²) in [4.78, 5) is 2.64. The van der Waals surface area contributed by atoms with Gasteiger partial charge in [-0.05, 0) is 103 Å². The fraction of sp³-hybridized carbons (Fsp3) is 0.600. The van der Waals surface area contributed by atoms with E-state index in [4.69, 9.17) is 9.47 Å². The summed E-state index contributed by atoms with van der Waals surface area (Å²) in [5.41, 5.74) is 5.15. The van der Waals surface area contributed by atoms with E-state index < -0.39 is 0 Å². The largest absolute Gasteiger partial charge is 0.380 e. The van der Waals surface area contributed by atoms with Gasteiger partial charge in [-0.15, -0.1) is 0 Å². The normalized spacial score (nSPS) is 40.7. The first-order valence-corrected chi connectivity index (χ1v) is 15.2. The molecule has 4 fully saturated rings. The van der Waals surface area contributed by atoms with E-state index in [2.05, 4.69) is 80.4 Å². The van der Waals surface area contributed by atoms with Gasteiger partial charge in [0.15, 0.2) is 0 Å². The van der Waals surface area contributed by atoms with Gasteiger partial charge in [0.25, 0.3) is 0 Å². The number of rotatable bonds is 4. The maximum Gasteiger partial charge on any atom is 0.0974 e. The lowest BCUT2D eigenvalue weighted by Crippen LogP contribution is -2.56. The molecule has 0 aromatic heterocycles. The topological polar surface area (TPSA) is 21.7 Å². The number of hydrogen-bond acceptors (Lipinski definition) is 3. The third-order valence-electron chi connectivity index (χ3n) is 12.0. The van der Waals surface area contributed by atoms with Crippen LogP contribution in [0.5, 0.6) is 0 Å². The van der Waals surface area contributed by atoms with Crippen LogP contribution in [-0.2, 0) is 9.47 Å². The van der Waals surface area contributed by atoms with Gasteiger partial charge in [-0.3, -0.25) is 0 Å². The zero-order chi connectivity index (χ0) is 25.8. The standard InChI is InChI=1S/C35H43NO2/c1-32(22-37-23-32)21-36(3)29-11-10-27-19-28-14-15-33(2)30(26-9-8-24-6-4-5-7-25(24)18-26)12-13-31(33)35(28)17-16-34(27,20-29)38-35/h4-9,14,18-19,29-31H,10-13,15-17,20-23H2,1-3H3/t29-,30?,31-,33-,34-,35?/m1/s1. The first-order chi connectivity index (χ1) is 18.3. The van der Waals surface area contributed by atoms with Crippen LogP contribution in [0.1, 0.15) is 76.7 Å². The SMILES string of the molecule is CN(CC1(C)COC1)[C@@H]1CCC2=CC3=CC[C@]4(C)C(c5ccc6ccccc6c5)CC[C@H]4C34CC[C@]2(C1)O4. The third kappa shape index (κ3) is 3.25. The van der Waals surface area contributed by atoms with Crippen molar-refractivity contribution in [2.75, 3.05) is 26.8 Å². The number of nitrogens with zero attached hydrogens (tertiary/aromatic N) is 1. The van der Waals surface area contributed by atoms with Gasteiger partial charge in [-0.25, -0.2) is 0 Å². The molecule has 2 spiro atoms. The fourth-order valence-corrected chi connectivity index (χ4v) is 10.0. The van der Waals surface area contributed by atoms with Crippen molar-refractivity contribution >= 4 is 10.8 Å². The first-order valence-electron chi connectivity index (χ1n) is 15.2. The van der Waals surface area contributed by atoms with Crippen LogP contribution in [0.15, 0.2) is 65.8 Å². The molecule has 3 heterocycles. The Labute approximate surface area is 228 Å². The molecule has 3 heteroatoms. The van der Waals surface area contributed by atoms with Gasteiger partial charge < -0.3 is 14.4 Å². The minimum Gasteiger partial charge on any atom is -0.380 e. The van der Waals surface area contributed by atoms with E-state index in [1.807, 2.05) is 0 Å². The van der Waals surface area contributed by atoms with Crippen molar-refractivity contribution in [3.63, 3.8) is 0 Å². The summed E-state index contributed by atoms with van der Waals surface area (Å²) < 4.78 is 13.1. The highest BCUT2D eigenvalue weighted by Gasteiger charge is 2.66. The minimum atomic E-state index is -0.0731.